The lowest BCUT2D eigenvalue weighted by atomic mass is 10.0. The topological polar surface area (TPSA) is 66.9 Å². The molecule has 0 bridgehead atoms. The predicted molar refractivity (Wildman–Crippen MR) is 59.0 cm³/mol. The summed E-state index contributed by atoms with van der Waals surface area (Å²) < 4.78 is 0. The van der Waals surface area contributed by atoms with Gasteiger partial charge in [-0.25, -0.2) is 0 Å². The van der Waals surface area contributed by atoms with E-state index in [0.717, 1.165) is 10.8 Å². The van der Waals surface area contributed by atoms with Crippen LogP contribution < -0.4 is 11.5 Å². The molecule has 2 aromatic rings. The van der Waals surface area contributed by atoms with E-state index >= 15 is 0 Å². The molecule has 1 radical (unpaired) electrons. The van der Waals surface area contributed by atoms with Gasteiger partial charge in [0.2, 0.25) is 0 Å². The number of amides is 1. The molecule has 0 aromatic heterocycles. The first-order valence-corrected chi connectivity index (χ1v) is 4.68. The normalized spacial score (nSPS) is 12.6. The second kappa shape index (κ2) is 3.71. The fraction of sp³-hybridized carbons (Fsp3) is 0.0833. The Kier molecular flexibility index (Phi) is 2.39. The minimum atomic E-state index is -0.838. The number of nitrogens with one attached hydrogen (secondary N) is 1. The minimum absolute atomic E-state index is 0.689. The van der Waals surface area contributed by atoms with Crippen molar-refractivity contribution in [1.29, 1.82) is 0 Å². The molecule has 15 heavy (non-hydrogen) atoms. The van der Waals surface area contributed by atoms with Crippen molar-refractivity contribution in [3.63, 3.8) is 0 Å². The summed E-state index contributed by atoms with van der Waals surface area (Å²) >= 11 is 0. The average Bonchev–Trinajstić information content (AvgIpc) is 2.27. The van der Waals surface area contributed by atoms with E-state index in [1.165, 1.54) is 0 Å². The number of hydrogen-bond acceptors (Lipinski definition) is 2. The Hall–Kier alpha value is -1.87. The van der Waals surface area contributed by atoms with E-state index in [1.54, 1.807) is 6.07 Å². The second-order valence-corrected chi connectivity index (χ2v) is 3.45. The zero-order chi connectivity index (χ0) is 10.8. The van der Waals surface area contributed by atoms with Crippen molar-refractivity contribution in [2.24, 2.45) is 5.73 Å². The lowest BCUT2D eigenvalue weighted by molar-refractivity contribution is -0.120. The molecule has 0 aliphatic heterocycles. The summed E-state index contributed by atoms with van der Waals surface area (Å²) in [6.07, 6.45) is 0. The van der Waals surface area contributed by atoms with Crippen LogP contribution in [0.5, 0.6) is 0 Å². The summed E-state index contributed by atoms with van der Waals surface area (Å²) in [7, 11) is 0. The fourth-order valence-electron chi connectivity index (χ4n) is 1.55. The highest BCUT2D eigenvalue weighted by atomic mass is 16.1. The summed E-state index contributed by atoms with van der Waals surface area (Å²) in [5.74, 6) is -0.759. The predicted octanol–water partition coefficient (Wildman–Crippen LogP) is 1.65. The van der Waals surface area contributed by atoms with E-state index in [4.69, 9.17) is 11.5 Å². The monoisotopic (exact) mass is 199 g/mol. The van der Waals surface area contributed by atoms with Crippen LogP contribution in [0.4, 0.5) is 0 Å². The standard InChI is InChI=1S/C12H11N2O/c13-11(12(14)15)10-6-5-8-3-1-2-4-9(8)7-10/h1-7,11,14H,13H2. The smallest absolute Gasteiger partial charge is 0.259 e. The van der Waals surface area contributed by atoms with E-state index in [1.807, 2.05) is 36.4 Å². The van der Waals surface area contributed by atoms with Crippen LogP contribution in [-0.2, 0) is 4.79 Å². The molecule has 75 valence electrons. The zero-order valence-corrected chi connectivity index (χ0v) is 8.10. The van der Waals surface area contributed by atoms with Gasteiger partial charge in [-0.05, 0) is 22.4 Å². The lowest BCUT2D eigenvalue weighted by Crippen LogP contribution is -2.21. The molecule has 0 fully saturated rings. The molecule has 3 heteroatoms. The number of hydrogen-bond donors (Lipinski definition) is 1. The molecule has 1 atom stereocenters. The quantitative estimate of drug-likeness (QED) is 0.799. The van der Waals surface area contributed by atoms with Gasteiger partial charge < -0.3 is 5.73 Å². The van der Waals surface area contributed by atoms with Gasteiger partial charge in [0.1, 0.15) is 6.04 Å². The average molecular weight is 199 g/mol. The van der Waals surface area contributed by atoms with Crippen molar-refractivity contribution in [3.8, 4) is 0 Å². The molecule has 2 aromatic carbocycles. The Morgan fingerprint density at radius 3 is 2.47 bits per heavy atom. The highest BCUT2D eigenvalue weighted by Gasteiger charge is 2.12. The maximum atomic E-state index is 10.8. The van der Waals surface area contributed by atoms with Gasteiger partial charge in [-0.2, -0.15) is 0 Å². The molecule has 1 amide bonds. The van der Waals surface area contributed by atoms with Crippen molar-refractivity contribution in [2.75, 3.05) is 0 Å². The molecule has 0 heterocycles. The molecule has 0 aliphatic rings. The summed E-state index contributed by atoms with van der Waals surface area (Å²) in [6, 6.07) is 12.6. The molecule has 0 saturated heterocycles. The van der Waals surface area contributed by atoms with Gasteiger partial charge in [-0.3, -0.25) is 10.5 Å². The first kappa shape index (κ1) is 9.68. The molecular formula is C12H11N2O. The van der Waals surface area contributed by atoms with E-state index in [0.29, 0.717) is 5.56 Å². The van der Waals surface area contributed by atoms with Crippen LogP contribution in [-0.4, -0.2) is 5.91 Å². The van der Waals surface area contributed by atoms with Crippen LogP contribution in [0, 0.1) is 0 Å². The molecule has 2 rings (SSSR count). The number of fused-ring (bicyclic) bond motifs is 1. The molecule has 3 N–H and O–H groups in total. The molecular weight excluding hydrogens is 188 g/mol. The van der Waals surface area contributed by atoms with E-state index in [2.05, 4.69) is 0 Å². The Labute approximate surface area is 87.7 Å². The Balaban J connectivity index is 2.51. The molecule has 0 saturated carbocycles. The fourth-order valence-corrected chi connectivity index (χ4v) is 1.55. The van der Waals surface area contributed by atoms with Gasteiger partial charge in [0.15, 0.2) is 0 Å². The first-order chi connectivity index (χ1) is 7.18. The highest BCUT2D eigenvalue weighted by molar-refractivity contribution is 5.86. The molecule has 0 aliphatic carbocycles. The van der Waals surface area contributed by atoms with Crippen molar-refractivity contribution in [1.82, 2.24) is 5.73 Å². The van der Waals surface area contributed by atoms with Crippen LogP contribution in [0.25, 0.3) is 10.8 Å². The van der Waals surface area contributed by atoms with Crippen molar-refractivity contribution < 1.29 is 4.79 Å². The molecule has 0 spiro atoms. The number of benzene rings is 2. The number of carbonyl (C=O) groups excluding carboxylic acids is 1. The molecule has 3 nitrogen and oxygen atoms in total. The van der Waals surface area contributed by atoms with Gasteiger partial charge in [0.05, 0.1) is 0 Å². The largest absolute Gasteiger partial charge is 0.316 e. The third kappa shape index (κ3) is 1.82. The maximum absolute atomic E-state index is 10.8. The van der Waals surface area contributed by atoms with E-state index < -0.39 is 11.9 Å². The summed E-state index contributed by atoms with van der Waals surface area (Å²) in [6.45, 7) is 0. The summed E-state index contributed by atoms with van der Waals surface area (Å²) in [5.41, 5.74) is 13.2. The lowest BCUT2D eigenvalue weighted by Gasteiger charge is -2.07. The summed E-state index contributed by atoms with van der Waals surface area (Å²) in [5, 5.41) is 2.14. The minimum Gasteiger partial charge on any atom is -0.316 e. The van der Waals surface area contributed by atoms with Crippen molar-refractivity contribution >= 4 is 16.7 Å². The maximum Gasteiger partial charge on any atom is 0.259 e. The van der Waals surface area contributed by atoms with Crippen LogP contribution in [0.2, 0.25) is 0 Å². The van der Waals surface area contributed by atoms with Gasteiger partial charge in [0.25, 0.3) is 5.91 Å². The third-order valence-electron chi connectivity index (χ3n) is 2.42. The number of rotatable bonds is 2. The van der Waals surface area contributed by atoms with Crippen LogP contribution >= 0.6 is 0 Å². The Bertz CT molecular complexity index is 508. The highest BCUT2D eigenvalue weighted by Crippen LogP contribution is 2.19. The SMILES string of the molecule is [NH]C(=O)C(N)c1ccc2ccccc2c1. The van der Waals surface area contributed by atoms with Gasteiger partial charge in [0, 0.05) is 0 Å². The van der Waals surface area contributed by atoms with Crippen LogP contribution in [0.1, 0.15) is 11.6 Å². The second-order valence-electron chi connectivity index (χ2n) is 3.45. The van der Waals surface area contributed by atoms with E-state index in [9.17, 15) is 4.79 Å². The summed E-state index contributed by atoms with van der Waals surface area (Å²) in [4.78, 5) is 10.8. The number of carbonyl (C=O) groups is 1. The zero-order valence-electron chi connectivity index (χ0n) is 8.10. The Morgan fingerprint density at radius 1 is 1.13 bits per heavy atom. The Morgan fingerprint density at radius 2 is 1.80 bits per heavy atom. The van der Waals surface area contributed by atoms with Crippen molar-refractivity contribution in [2.45, 2.75) is 6.04 Å². The van der Waals surface area contributed by atoms with E-state index in [-0.39, 0.29) is 0 Å². The van der Waals surface area contributed by atoms with Gasteiger partial charge in [-0.1, -0.05) is 36.4 Å². The van der Waals surface area contributed by atoms with Gasteiger partial charge >= 0.3 is 0 Å². The van der Waals surface area contributed by atoms with Crippen LogP contribution in [0.3, 0.4) is 0 Å². The van der Waals surface area contributed by atoms with Crippen molar-refractivity contribution in [3.05, 3.63) is 48.0 Å². The number of nitrogens with two attached hydrogens (primary N) is 1. The van der Waals surface area contributed by atoms with Crippen LogP contribution in [0.15, 0.2) is 42.5 Å². The first-order valence-electron chi connectivity index (χ1n) is 4.68. The molecule has 1 unspecified atom stereocenters. The third-order valence-corrected chi connectivity index (χ3v) is 2.42. The van der Waals surface area contributed by atoms with Gasteiger partial charge in [-0.15, -0.1) is 0 Å².